The zero-order valence-corrected chi connectivity index (χ0v) is 15.5. The monoisotopic (exact) mass is 373 g/mol. The van der Waals surface area contributed by atoms with Crippen molar-refractivity contribution in [1.82, 2.24) is 29.5 Å². The van der Waals surface area contributed by atoms with E-state index >= 15 is 0 Å². The Hall–Kier alpha value is -3.57. The predicted octanol–water partition coefficient (Wildman–Crippen LogP) is 2.27. The highest BCUT2D eigenvalue weighted by Crippen LogP contribution is 2.24. The lowest BCUT2D eigenvalue weighted by Gasteiger charge is -2.31. The molecule has 0 atom stereocenters. The molecule has 0 unspecified atom stereocenters. The van der Waals surface area contributed by atoms with Crippen LogP contribution in [0.3, 0.4) is 0 Å². The molecule has 1 aliphatic rings. The SMILES string of the molecule is [C-]#[N+]c1ccc(-c2cc(C(=O)N3CCN(C)CC3)nn2-c2cccnc2)nc1. The molecule has 140 valence electrons. The van der Waals surface area contributed by atoms with Gasteiger partial charge in [0.1, 0.15) is 0 Å². The number of hydrogen-bond acceptors (Lipinski definition) is 5. The summed E-state index contributed by atoms with van der Waals surface area (Å²) in [5, 5.41) is 4.56. The summed E-state index contributed by atoms with van der Waals surface area (Å²) in [4.78, 5) is 28.9. The highest BCUT2D eigenvalue weighted by molar-refractivity contribution is 5.93. The standard InChI is InChI=1S/C20H19N7O/c1-21-15-5-6-17(23-13-15)19-12-18(20(28)26-10-8-25(2)9-11-26)24-27(19)16-4-3-7-22-14-16/h3-7,12-14H,8-11H2,2H3. The van der Waals surface area contributed by atoms with E-state index < -0.39 is 0 Å². The minimum Gasteiger partial charge on any atom is -0.335 e. The molecule has 0 radical (unpaired) electrons. The Morgan fingerprint density at radius 2 is 1.96 bits per heavy atom. The second kappa shape index (κ2) is 7.58. The van der Waals surface area contributed by atoms with Crippen LogP contribution < -0.4 is 0 Å². The van der Waals surface area contributed by atoms with Crippen molar-refractivity contribution in [2.45, 2.75) is 0 Å². The molecule has 1 aliphatic heterocycles. The number of amides is 1. The van der Waals surface area contributed by atoms with E-state index in [4.69, 9.17) is 6.57 Å². The van der Waals surface area contributed by atoms with Gasteiger partial charge in [0, 0.05) is 38.6 Å². The zero-order valence-electron chi connectivity index (χ0n) is 15.5. The number of rotatable bonds is 3. The van der Waals surface area contributed by atoms with Crippen LogP contribution in [-0.4, -0.2) is 68.7 Å². The summed E-state index contributed by atoms with van der Waals surface area (Å²) in [6.07, 6.45) is 4.89. The molecule has 1 saturated heterocycles. The first-order valence-corrected chi connectivity index (χ1v) is 8.98. The van der Waals surface area contributed by atoms with Crippen molar-refractivity contribution in [3.63, 3.8) is 0 Å². The van der Waals surface area contributed by atoms with Crippen molar-refractivity contribution in [3.8, 4) is 17.1 Å². The third-order valence-electron chi connectivity index (χ3n) is 4.75. The lowest BCUT2D eigenvalue weighted by atomic mass is 10.2. The third kappa shape index (κ3) is 3.48. The fourth-order valence-electron chi connectivity index (χ4n) is 3.12. The number of likely N-dealkylation sites (N-methyl/N-ethyl adjacent to an activating group) is 1. The molecule has 0 bridgehead atoms. The molecular weight excluding hydrogens is 354 g/mol. The van der Waals surface area contributed by atoms with Crippen LogP contribution >= 0.6 is 0 Å². The van der Waals surface area contributed by atoms with Crippen LogP contribution in [0.2, 0.25) is 0 Å². The Bertz CT molecular complexity index is 1010. The maximum atomic E-state index is 13.0. The Morgan fingerprint density at radius 1 is 1.14 bits per heavy atom. The van der Waals surface area contributed by atoms with E-state index in [-0.39, 0.29) is 5.91 Å². The van der Waals surface area contributed by atoms with Crippen LogP contribution in [0.4, 0.5) is 5.69 Å². The highest BCUT2D eigenvalue weighted by Gasteiger charge is 2.24. The van der Waals surface area contributed by atoms with Crippen LogP contribution in [0.25, 0.3) is 21.9 Å². The van der Waals surface area contributed by atoms with Crippen molar-refractivity contribution >= 4 is 11.6 Å². The number of carbonyl (C=O) groups is 1. The van der Waals surface area contributed by atoms with Gasteiger partial charge < -0.3 is 9.80 Å². The van der Waals surface area contributed by atoms with E-state index in [1.807, 2.05) is 17.0 Å². The van der Waals surface area contributed by atoms with Gasteiger partial charge in [-0.3, -0.25) is 14.8 Å². The Labute approximate surface area is 162 Å². The van der Waals surface area contributed by atoms with Gasteiger partial charge in [-0.25, -0.2) is 9.53 Å². The van der Waals surface area contributed by atoms with E-state index in [2.05, 4.69) is 31.9 Å². The molecule has 0 spiro atoms. The van der Waals surface area contributed by atoms with E-state index in [1.165, 1.54) is 6.20 Å². The van der Waals surface area contributed by atoms with Gasteiger partial charge in [-0.1, -0.05) is 6.07 Å². The Kier molecular flexibility index (Phi) is 4.83. The topological polar surface area (TPSA) is 71.5 Å². The first-order chi connectivity index (χ1) is 13.7. The summed E-state index contributed by atoms with van der Waals surface area (Å²) in [5.41, 5.74) is 2.90. The number of aromatic nitrogens is 4. The second-order valence-corrected chi connectivity index (χ2v) is 6.65. The Balaban J connectivity index is 1.74. The first-order valence-electron chi connectivity index (χ1n) is 8.98. The zero-order chi connectivity index (χ0) is 19.5. The van der Waals surface area contributed by atoms with E-state index in [0.717, 1.165) is 18.8 Å². The molecule has 0 saturated carbocycles. The first kappa shape index (κ1) is 17.8. The van der Waals surface area contributed by atoms with Crippen molar-refractivity contribution < 1.29 is 4.79 Å². The third-order valence-corrected chi connectivity index (χ3v) is 4.75. The summed E-state index contributed by atoms with van der Waals surface area (Å²) >= 11 is 0. The van der Waals surface area contributed by atoms with Crippen molar-refractivity contribution in [2.24, 2.45) is 0 Å². The van der Waals surface area contributed by atoms with Gasteiger partial charge in [-0.15, -0.1) is 0 Å². The lowest BCUT2D eigenvalue weighted by Crippen LogP contribution is -2.47. The van der Waals surface area contributed by atoms with Crippen LogP contribution in [0.15, 0.2) is 48.9 Å². The number of carbonyl (C=O) groups excluding carboxylic acids is 1. The van der Waals surface area contributed by atoms with E-state index in [9.17, 15) is 4.79 Å². The largest absolute Gasteiger partial charge is 0.335 e. The molecular formula is C20H19N7O. The molecule has 0 aromatic carbocycles. The maximum absolute atomic E-state index is 13.0. The molecule has 3 aromatic rings. The van der Waals surface area contributed by atoms with Crippen molar-refractivity contribution in [1.29, 1.82) is 0 Å². The average molecular weight is 373 g/mol. The summed E-state index contributed by atoms with van der Waals surface area (Å²) in [5.74, 6) is -0.0882. The predicted molar refractivity (Wildman–Crippen MR) is 104 cm³/mol. The summed E-state index contributed by atoms with van der Waals surface area (Å²) in [6.45, 7) is 10.2. The summed E-state index contributed by atoms with van der Waals surface area (Å²) < 4.78 is 1.68. The van der Waals surface area contributed by atoms with E-state index in [0.29, 0.717) is 35.9 Å². The van der Waals surface area contributed by atoms with Crippen LogP contribution in [0.5, 0.6) is 0 Å². The number of pyridine rings is 2. The van der Waals surface area contributed by atoms with E-state index in [1.54, 1.807) is 35.3 Å². The lowest BCUT2D eigenvalue weighted by molar-refractivity contribution is 0.0657. The molecule has 4 heterocycles. The molecule has 4 rings (SSSR count). The normalized spacial score (nSPS) is 14.6. The van der Waals surface area contributed by atoms with Gasteiger partial charge in [0.25, 0.3) is 5.91 Å². The van der Waals surface area contributed by atoms with Gasteiger partial charge >= 0.3 is 0 Å². The van der Waals surface area contributed by atoms with Gasteiger partial charge in [0.15, 0.2) is 5.69 Å². The molecule has 3 aromatic heterocycles. The van der Waals surface area contributed by atoms with Gasteiger partial charge in [0.05, 0.1) is 29.8 Å². The van der Waals surface area contributed by atoms with Crippen molar-refractivity contribution in [3.05, 3.63) is 66.0 Å². The second-order valence-electron chi connectivity index (χ2n) is 6.65. The van der Waals surface area contributed by atoms with Gasteiger partial charge in [0.2, 0.25) is 5.69 Å². The fourth-order valence-corrected chi connectivity index (χ4v) is 3.12. The molecule has 8 nitrogen and oxygen atoms in total. The minimum atomic E-state index is -0.0882. The van der Waals surface area contributed by atoms with Crippen LogP contribution in [-0.2, 0) is 0 Å². The maximum Gasteiger partial charge on any atom is 0.274 e. The minimum absolute atomic E-state index is 0.0882. The smallest absolute Gasteiger partial charge is 0.274 e. The van der Waals surface area contributed by atoms with Crippen LogP contribution in [0, 0.1) is 6.57 Å². The fraction of sp³-hybridized carbons (Fsp3) is 0.250. The quantitative estimate of drug-likeness (QED) is 0.659. The molecule has 1 amide bonds. The molecule has 8 heteroatoms. The molecule has 1 fully saturated rings. The van der Waals surface area contributed by atoms with Gasteiger partial charge in [-0.05, 0) is 31.3 Å². The summed E-state index contributed by atoms with van der Waals surface area (Å²) in [6, 6.07) is 8.92. The van der Waals surface area contributed by atoms with Crippen LogP contribution in [0.1, 0.15) is 10.5 Å². The number of piperazine rings is 1. The average Bonchev–Trinajstić information content (AvgIpc) is 3.20. The number of hydrogen-bond donors (Lipinski definition) is 0. The summed E-state index contributed by atoms with van der Waals surface area (Å²) in [7, 11) is 2.05. The molecule has 0 N–H and O–H groups in total. The Morgan fingerprint density at radius 3 is 2.61 bits per heavy atom. The van der Waals surface area contributed by atoms with Crippen molar-refractivity contribution in [2.75, 3.05) is 33.2 Å². The highest BCUT2D eigenvalue weighted by atomic mass is 16.2. The van der Waals surface area contributed by atoms with Gasteiger partial charge in [-0.2, -0.15) is 5.10 Å². The molecule has 0 aliphatic carbocycles. The molecule has 28 heavy (non-hydrogen) atoms. The number of nitrogens with zero attached hydrogens (tertiary/aromatic N) is 7.